The van der Waals surface area contributed by atoms with E-state index >= 15 is 0 Å². The topological polar surface area (TPSA) is 70.4 Å². The highest BCUT2D eigenvalue weighted by atomic mass is 16.2. The van der Waals surface area contributed by atoms with Gasteiger partial charge in [-0.2, -0.15) is 0 Å². The zero-order valence-corrected chi connectivity index (χ0v) is 9.29. The molecule has 0 fully saturated rings. The molecule has 0 aromatic heterocycles. The second-order valence-electron chi connectivity index (χ2n) is 3.85. The second-order valence-corrected chi connectivity index (χ2v) is 3.85. The van der Waals surface area contributed by atoms with E-state index in [0.29, 0.717) is 13.1 Å². The number of carbonyl (C=O) groups is 1. The van der Waals surface area contributed by atoms with Crippen molar-refractivity contribution in [3.63, 3.8) is 0 Å². The van der Waals surface area contributed by atoms with Gasteiger partial charge in [-0.15, -0.1) is 0 Å². The number of hydrazine groups is 1. The van der Waals surface area contributed by atoms with E-state index in [4.69, 9.17) is 5.84 Å². The van der Waals surface area contributed by atoms with Crippen molar-refractivity contribution >= 4 is 11.6 Å². The third kappa shape index (κ3) is 1.92. The number of hydrogen-bond donors (Lipinski definition) is 3. The van der Waals surface area contributed by atoms with Crippen molar-refractivity contribution in [1.29, 1.82) is 0 Å². The number of fused-ring (bicyclic) bond motifs is 1. The minimum atomic E-state index is 0.0922. The maximum atomic E-state index is 11.7. The van der Waals surface area contributed by atoms with Crippen LogP contribution in [0.15, 0.2) is 18.2 Å². The summed E-state index contributed by atoms with van der Waals surface area (Å²) in [6.45, 7) is 1.17. The molecule has 1 aliphatic heterocycles. The summed E-state index contributed by atoms with van der Waals surface area (Å²) in [5.74, 6) is 5.34. The molecule has 86 valence electrons. The number of benzene rings is 1. The Bertz CT molecular complexity index is 405. The first-order chi connectivity index (χ1) is 7.76. The first-order valence-electron chi connectivity index (χ1n) is 5.26. The number of nitrogens with zero attached hydrogens (tertiary/aromatic N) is 1. The molecule has 0 atom stereocenters. The first kappa shape index (κ1) is 11.1. The summed E-state index contributed by atoms with van der Waals surface area (Å²) in [6.07, 6.45) is 0.467. The smallest absolute Gasteiger partial charge is 0.232 e. The monoisotopic (exact) mass is 220 g/mol. The summed E-state index contributed by atoms with van der Waals surface area (Å²) in [5.41, 5.74) is 5.74. The van der Waals surface area contributed by atoms with Gasteiger partial charge >= 0.3 is 0 Å². The third-order valence-corrected chi connectivity index (χ3v) is 2.71. The Kier molecular flexibility index (Phi) is 3.19. The van der Waals surface area contributed by atoms with Gasteiger partial charge < -0.3 is 5.32 Å². The van der Waals surface area contributed by atoms with E-state index in [1.165, 1.54) is 5.56 Å². The minimum Gasteiger partial charge on any atom is -0.316 e. The van der Waals surface area contributed by atoms with Crippen LogP contribution in [-0.2, 0) is 17.8 Å². The molecule has 0 saturated carbocycles. The number of amides is 1. The van der Waals surface area contributed by atoms with Crippen LogP contribution >= 0.6 is 0 Å². The van der Waals surface area contributed by atoms with Gasteiger partial charge in [0.25, 0.3) is 0 Å². The van der Waals surface area contributed by atoms with Crippen molar-refractivity contribution in [2.75, 3.05) is 18.6 Å². The van der Waals surface area contributed by atoms with Crippen LogP contribution in [0.4, 0.5) is 5.69 Å². The van der Waals surface area contributed by atoms with Crippen molar-refractivity contribution < 1.29 is 4.79 Å². The molecule has 0 spiro atoms. The Labute approximate surface area is 94.6 Å². The molecule has 16 heavy (non-hydrogen) atoms. The summed E-state index contributed by atoms with van der Waals surface area (Å²) in [5, 5.41) is 3.09. The Hall–Kier alpha value is -1.43. The molecule has 1 amide bonds. The van der Waals surface area contributed by atoms with E-state index < -0.39 is 0 Å². The summed E-state index contributed by atoms with van der Waals surface area (Å²) in [6, 6.07) is 6.07. The number of nitrogens with two attached hydrogens (primary N) is 1. The number of nitrogens with one attached hydrogen (secondary N) is 2. The molecule has 2 rings (SSSR count). The molecule has 0 bridgehead atoms. The molecular weight excluding hydrogens is 204 g/mol. The fourth-order valence-corrected chi connectivity index (χ4v) is 2.02. The van der Waals surface area contributed by atoms with Crippen molar-refractivity contribution in [3.05, 3.63) is 29.3 Å². The van der Waals surface area contributed by atoms with E-state index in [0.717, 1.165) is 17.8 Å². The highest BCUT2D eigenvalue weighted by Crippen LogP contribution is 2.28. The van der Waals surface area contributed by atoms with Crippen molar-refractivity contribution in [1.82, 2.24) is 10.7 Å². The maximum absolute atomic E-state index is 11.7. The zero-order chi connectivity index (χ0) is 11.5. The van der Waals surface area contributed by atoms with Gasteiger partial charge in [0.05, 0.1) is 13.1 Å². The Morgan fingerprint density at radius 1 is 1.50 bits per heavy atom. The average Bonchev–Trinajstić information content (AvgIpc) is 2.56. The van der Waals surface area contributed by atoms with Crippen LogP contribution in [0.25, 0.3) is 0 Å². The number of rotatable bonds is 4. The predicted octanol–water partition coefficient (Wildman–Crippen LogP) is -0.284. The average molecular weight is 220 g/mol. The van der Waals surface area contributed by atoms with Gasteiger partial charge in [0.15, 0.2) is 0 Å². The van der Waals surface area contributed by atoms with Crippen LogP contribution in [0.2, 0.25) is 0 Å². The van der Waals surface area contributed by atoms with E-state index in [-0.39, 0.29) is 5.91 Å². The van der Waals surface area contributed by atoms with Crippen molar-refractivity contribution in [2.24, 2.45) is 5.84 Å². The maximum Gasteiger partial charge on any atom is 0.232 e. The van der Waals surface area contributed by atoms with Crippen LogP contribution in [0.5, 0.6) is 0 Å². The molecule has 0 radical (unpaired) electrons. The second kappa shape index (κ2) is 4.61. The Morgan fingerprint density at radius 2 is 2.31 bits per heavy atom. The van der Waals surface area contributed by atoms with Crippen LogP contribution in [0, 0.1) is 0 Å². The summed E-state index contributed by atoms with van der Waals surface area (Å²) in [7, 11) is 1.91. The number of anilines is 1. The highest BCUT2D eigenvalue weighted by molar-refractivity contribution is 6.01. The number of carbonyl (C=O) groups excluding carboxylic acids is 1. The Morgan fingerprint density at radius 3 is 3.00 bits per heavy atom. The third-order valence-electron chi connectivity index (χ3n) is 2.71. The number of hydrogen-bond acceptors (Lipinski definition) is 4. The fraction of sp³-hybridized carbons (Fsp3) is 0.364. The van der Waals surface area contributed by atoms with E-state index in [1.807, 2.05) is 19.2 Å². The van der Waals surface area contributed by atoms with Gasteiger partial charge in [-0.25, -0.2) is 5.43 Å². The molecule has 4 N–H and O–H groups in total. The van der Waals surface area contributed by atoms with Crippen LogP contribution < -0.4 is 21.5 Å². The zero-order valence-electron chi connectivity index (χ0n) is 9.29. The van der Waals surface area contributed by atoms with E-state index in [2.05, 4.69) is 16.8 Å². The molecule has 5 heteroatoms. The van der Waals surface area contributed by atoms with E-state index in [9.17, 15) is 4.79 Å². The minimum absolute atomic E-state index is 0.0922. The largest absolute Gasteiger partial charge is 0.316 e. The molecule has 5 nitrogen and oxygen atoms in total. The SMILES string of the molecule is CNCc1ccc2c(c1)CC(=O)N2CNN. The normalized spacial score (nSPS) is 14.4. The quantitative estimate of drug-likeness (QED) is 0.482. The van der Waals surface area contributed by atoms with Gasteiger partial charge in [-0.3, -0.25) is 15.5 Å². The lowest BCUT2D eigenvalue weighted by molar-refractivity contribution is -0.117. The van der Waals surface area contributed by atoms with Crippen molar-refractivity contribution in [2.45, 2.75) is 13.0 Å². The van der Waals surface area contributed by atoms with Gasteiger partial charge in [0.2, 0.25) is 5.91 Å². The summed E-state index contributed by atoms with van der Waals surface area (Å²) in [4.78, 5) is 13.4. The van der Waals surface area contributed by atoms with Crippen LogP contribution in [0.3, 0.4) is 0 Å². The standard InChI is InChI=1S/C11H16N4O/c1-13-6-8-2-3-10-9(4-8)5-11(16)15(10)7-14-12/h2-4,13-14H,5-7,12H2,1H3. The lowest BCUT2D eigenvalue weighted by Gasteiger charge is -2.16. The van der Waals surface area contributed by atoms with Gasteiger partial charge in [-0.05, 0) is 24.2 Å². The van der Waals surface area contributed by atoms with Gasteiger partial charge in [-0.1, -0.05) is 12.1 Å². The highest BCUT2D eigenvalue weighted by Gasteiger charge is 2.26. The van der Waals surface area contributed by atoms with Gasteiger partial charge in [0, 0.05) is 12.2 Å². The lowest BCUT2D eigenvalue weighted by atomic mass is 10.1. The summed E-state index contributed by atoms with van der Waals surface area (Å²) >= 11 is 0. The summed E-state index contributed by atoms with van der Waals surface area (Å²) < 4.78 is 0. The molecule has 0 aliphatic carbocycles. The van der Waals surface area contributed by atoms with Crippen molar-refractivity contribution in [3.8, 4) is 0 Å². The Balaban J connectivity index is 2.27. The molecule has 1 heterocycles. The van der Waals surface area contributed by atoms with Crippen LogP contribution in [-0.4, -0.2) is 19.6 Å². The predicted molar refractivity (Wildman–Crippen MR) is 62.6 cm³/mol. The van der Waals surface area contributed by atoms with E-state index in [1.54, 1.807) is 4.90 Å². The van der Waals surface area contributed by atoms with Gasteiger partial charge in [0.1, 0.15) is 0 Å². The van der Waals surface area contributed by atoms with Crippen LogP contribution in [0.1, 0.15) is 11.1 Å². The lowest BCUT2D eigenvalue weighted by Crippen LogP contribution is -2.39. The molecule has 0 saturated heterocycles. The fourth-order valence-electron chi connectivity index (χ4n) is 2.02. The molecule has 1 aliphatic rings. The molecule has 1 aromatic rings. The first-order valence-corrected chi connectivity index (χ1v) is 5.26. The molecule has 1 aromatic carbocycles. The molecular formula is C11H16N4O. The molecule has 0 unspecified atom stereocenters.